The lowest BCUT2D eigenvalue weighted by Crippen LogP contribution is -2.24. The van der Waals surface area contributed by atoms with Gasteiger partial charge in [-0.3, -0.25) is 4.79 Å². The van der Waals surface area contributed by atoms with Gasteiger partial charge in [0.2, 0.25) is 5.91 Å². The molecule has 0 aliphatic rings. The Labute approximate surface area is 77.0 Å². The minimum absolute atomic E-state index is 0.199. The van der Waals surface area contributed by atoms with E-state index in [0.717, 1.165) is 5.56 Å². The average Bonchev–Trinajstić information content (AvgIpc) is 2.15. The molecule has 0 saturated carbocycles. The standard InChI is InChI=1S/C10H10N2O/c1-8(13)12-10(7-11)9-5-3-2-4-6-9/h2-6,10H,1H3,(H,12,13)/t10-/m1/s1. The van der Waals surface area contributed by atoms with Gasteiger partial charge >= 0.3 is 0 Å². The molecule has 1 aromatic rings. The Morgan fingerprint density at radius 2 is 2.08 bits per heavy atom. The normalized spacial score (nSPS) is 11.4. The summed E-state index contributed by atoms with van der Waals surface area (Å²) >= 11 is 0. The number of amides is 1. The molecule has 3 nitrogen and oxygen atoms in total. The molecule has 66 valence electrons. The predicted octanol–water partition coefficient (Wildman–Crippen LogP) is 1.39. The fourth-order valence-electron chi connectivity index (χ4n) is 1.04. The van der Waals surface area contributed by atoms with Crippen molar-refractivity contribution in [1.29, 1.82) is 5.26 Å². The molecule has 0 unspecified atom stereocenters. The molecule has 1 N–H and O–H groups in total. The van der Waals surface area contributed by atoms with Crippen LogP contribution in [0.25, 0.3) is 0 Å². The van der Waals surface area contributed by atoms with Crippen molar-refractivity contribution in [2.45, 2.75) is 13.0 Å². The van der Waals surface area contributed by atoms with Gasteiger partial charge in [-0.25, -0.2) is 0 Å². The maximum atomic E-state index is 10.7. The topological polar surface area (TPSA) is 52.9 Å². The second-order valence-corrected chi connectivity index (χ2v) is 2.67. The number of carbonyl (C=O) groups excluding carboxylic acids is 1. The first-order chi connectivity index (χ1) is 6.24. The second kappa shape index (κ2) is 4.27. The van der Waals surface area contributed by atoms with Crippen molar-refractivity contribution in [2.75, 3.05) is 0 Å². The number of hydrogen-bond donors (Lipinski definition) is 1. The Kier molecular flexibility index (Phi) is 3.04. The third kappa shape index (κ3) is 2.60. The first kappa shape index (κ1) is 9.27. The van der Waals surface area contributed by atoms with E-state index in [1.54, 1.807) is 0 Å². The number of nitrogens with zero attached hydrogens (tertiary/aromatic N) is 1. The molecular formula is C10H10N2O. The number of rotatable bonds is 2. The summed E-state index contributed by atoms with van der Waals surface area (Å²) in [5, 5.41) is 11.3. The molecular weight excluding hydrogens is 164 g/mol. The van der Waals surface area contributed by atoms with E-state index >= 15 is 0 Å². The molecule has 0 aromatic heterocycles. The van der Waals surface area contributed by atoms with E-state index in [1.807, 2.05) is 36.4 Å². The van der Waals surface area contributed by atoms with Gasteiger partial charge in [0, 0.05) is 6.92 Å². The number of nitrogens with one attached hydrogen (secondary N) is 1. The number of benzene rings is 1. The molecule has 0 saturated heterocycles. The molecule has 0 radical (unpaired) electrons. The Morgan fingerprint density at radius 3 is 2.54 bits per heavy atom. The quantitative estimate of drug-likeness (QED) is 0.736. The van der Waals surface area contributed by atoms with Crippen LogP contribution in [0.2, 0.25) is 0 Å². The monoisotopic (exact) mass is 174 g/mol. The molecule has 0 spiro atoms. The van der Waals surface area contributed by atoms with E-state index in [9.17, 15) is 4.79 Å². The summed E-state index contributed by atoms with van der Waals surface area (Å²) in [6.45, 7) is 1.40. The van der Waals surface area contributed by atoms with E-state index in [0.29, 0.717) is 0 Å². The van der Waals surface area contributed by atoms with Crippen LogP contribution in [-0.2, 0) is 4.79 Å². The average molecular weight is 174 g/mol. The molecule has 0 bridgehead atoms. The first-order valence-electron chi connectivity index (χ1n) is 3.95. The maximum absolute atomic E-state index is 10.7. The van der Waals surface area contributed by atoms with Crippen molar-refractivity contribution in [3.05, 3.63) is 35.9 Å². The van der Waals surface area contributed by atoms with E-state index < -0.39 is 6.04 Å². The minimum Gasteiger partial charge on any atom is -0.337 e. The molecule has 1 atom stereocenters. The van der Waals surface area contributed by atoms with Gasteiger partial charge in [0.1, 0.15) is 6.04 Å². The van der Waals surface area contributed by atoms with Crippen molar-refractivity contribution in [3.63, 3.8) is 0 Å². The summed E-state index contributed by atoms with van der Waals surface area (Å²) in [6, 6.07) is 10.6. The molecule has 0 fully saturated rings. The summed E-state index contributed by atoms with van der Waals surface area (Å²) in [6.07, 6.45) is 0. The smallest absolute Gasteiger partial charge is 0.218 e. The molecule has 3 heteroatoms. The molecule has 0 aliphatic heterocycles. The zero-order chi connectivity index (χ0) is 9.68. The SMILES string of the molecule is CC(=O)N[C@H](C#N)c1ccccc1. The van der Waals surface area contributed by atoms with Crippen molar-refractivity contribution < 1.29 is 4.79 Å². The van der Waals surface area contributed by atoms with Gasteiger partial charge in [-0.15, -0.1) is 0 Å². The fourth-order valence-corrected chi connectivity index (χ4v) is 1.04. The zero-order valence-electron chi connectivity index (χ0n) is 7.32. The summed E-state index contributed by atoms with van der Waals surface area (Å²) in [5.41, 5.74) is 0.806. The lowest BCUT2D eigenvalue weighted by Gasteiger charge is -2.09. The highest BCUT2D eigenvalue weighted by Gasteiger charge is 2.09. The third-order valence-corrected chi connectivity index (χ3v) is 1.61. The zero-order valence-corrected chi connectivity index (χ0v) is 7.32. The second-order valence-electron chi connectivity index (χ2n) is 2.67. The fraction of sp³-hybridized carbons (Fsp3) is 0.200. The Bertz CT molecular complexity index is 327. The van der Waals surface area contributed by atoms with E-state index in [4.69, 9.17) is 5.26 Å². The Morgan fingerprint density at radius 1 is 1.46 bits per heavy atom. The Balaban J connectivity index is 2.80. The van der Waals surface area contributed by atoms with Crippen molar-refractivity contribution in [2.24, 2.45) is 0 Å². The van der Waals surface area contributed by atoms with Gasteiger partial charge in [0.05, 0.1) is 6.07 Å². The van der Waals surface area contributed by atoms with Gasteiger partial charge in [-0.05, 0) is 5.56 Å². The molecule has 1 aromatic carbocycles. The van der Waals surface area contributed by atoms with Gasteiger partial charge in [0.25, 0.3) is 0 Å². The Hall–Kier alpha value is -1.82. The largest absolute Gasteiger partial charge is 0.337 e. The first-order valence-corrected chi connectivity index (χ1v) is 3.95. The van der Waals surface area contributed by atoms with Crippen LogP contribution in [0.5, 0.6) is 0 Å². The molecule has 13 heavy (non-hydrogen) atoms. The molecule has 0 aliphatic carbocycles. The highest BCUT2D eigenvalue weighted by atomic mass is 16.1. The molecule has 1 rings (SSSR count). The van der Waals surface area contributed by atoms with E-state index in [-0.39, 0.29) is 5.91 Å². The van der Waals surface area contributed by atoms with Crippen molar-refractivity contribution >= 4 is 5.91 Å². The van der Waals surface area contributed by atoms with Gasteiger partial charge in [-0.2, -0.15) is 5.26 Å². The minimum atomic E-state index is -0.543. The van der Waals surface area contributed by atoms with Crippen LogP contribution in [-0.4, -0.2) is 5.91 Å². The van der Waals surface area contributed by atoms with Crippen LogP contribution in [0.4, 0.5) is 0 Å². The van der Waals surface area contributed by atoms with Crippen LogP contribution in [0.3, 0.4) is 0 Å². The van der Waals surface area contributed by atoms with Gasteiger partial charge < -0.3 is 5.32 Å². The summed E-state index contributed by atoms with van der Waals surface area (Å²) in [4.78, 5) is 10.7. The van der Waals surface area contributed by atoms with Gasteiger partial charge in [0.15, 0.2) is 0 Å². The van der Waals surface area contributed by atoms with E-state index in [1.165, 1.54) is 6.92 Å². The molecule has 0 heterocycles. The lowest BCUT2D eigenvalue weighted by atomic mass is 10.1. The maximum Gasteiger partial charge on any atom is 0.218 e. The van der Waals surface area contributed by atoms with Crippen LogP contribution in [0, 0.1) is 11.3 Å². The highest BCUT2D eigenvalue weighted by Crippen LogP contribution is 2.10. The lowest BCUT2D eigenvalue weighted by molar-refractivity contribution is -0.119. The summed E-state index contributed by atoms with van der Waals surface area (Å²) < 4.78 is 0. The van der Waals surface area contributed by atoms with Crippen LogP contribution >= 0.6 is 0 Å². The predicted molar refractivity (Wildman–Crippen MR) is 48.6 cm³/mol. The van der Waals surface area contributed by atoms with E-state index in [2.05, 4.69) is 5.32 Å². The third-order valence-electron chi connectivity index (χ3n) is 1.61. The summed E-state index contributed by atoms with van der Waals surface area (Å²) in [5.74, 6) is -0.199. The number of nitriles is 1. The van der Waals surface area contributed by atoms with Crippen molar-refractivity contribution in [1.82, 2.24) is 5.32 Å². The van der Waals surface area contributed by atoms with Crippen molar-refractivity contribution in [3.8, 4) is 6.07 Å². The molecule has 1 amide bonds. The van der Waals surface area contributed by atoms with Crippen LogP contribution in [0.1, 0.15) is 18.5 Å². The van der Waals surface area contributed by atoms with Gasteiger partial charge in [-0.1, -0.05) is 30.3 Å². The highest BCUT2D eigenvalue weighted by molar-refractivity contribution is 5.73. The van der Waals surface area contributed by atoms with Crippen LogP contribution in [0.15, 0.2) is 30.3 Å². The van der Waals surface area contributed by atoms with Crippen LogP contribution < -0.4 is 5.32 Å². The number of carbonyl (C=O) groups is 1. The summed E-state index contributed by atoms with van der Waals surface area (Å²) in [7, 11) is 0. The number of hydrogen-bond acceptors (Lipinski definition) is 2.